The summed E-state index contributed by atoms with van der Waals surface area (Å²) in [5.41, 5.74) is 2.10. The van der Waals surface area contributed by atoms with E-state index in [0.29, 0.717) is 5.75 Å². The fourth-order valence-electron chi connectivity index (χ4n) is 3.22. The van der Waals surface area contributed by atoms with E-state index in [4.69, 9.17) is 0 Å². The minimum absolute atomic E-state index is 0.365. The molecule has 0 atom stereocenters. The molecule has 1 aromatic carbocycles. The Labute approximate surface area is 114 Å². The average Bonchev–Trinajstić information content (AvgIpc) is 2.88. The van der Waals surface area contributed by atoms with E-state index >= 15 is 0 Å². The number of anilines is 1. The largest absolute Gasteiger partial charge is 0.507 e. The highest BCUT2D eigenvalue weighted by Gasteiger charge is 2.16. The maximum absolute atomic E-state index is 10.0. The molecule has 0 bridgehead atoms. The quantitative estimate of drug-likeness (QED) is 0.876. The molecule has 3 nitrogen and oxygen atoms in total. The number of nitrogens with one attached hydrogen (secondary N) is 1. The number of benzene rings is 1. The van der Waals surface area contributed by atoms with Gasteiger partial charge in [-0.2, -0.15) is 0 Å². The fourth-order valence-corrected chi connectivity index (χ4v) is 3.22. The Kier molecular flexibility index (Phi) is 3.36. The number of aromatic amines is 1. The third-order valence-electron chi connectivity index (χ3n) is 4.33. The van der Waals surface area contributed by atoms with Gasteiger partial charge in [0.2, 0.25) is 0 Å². The number of hydrogen-bond acceptors (Lipinski definition) is 2. The lowest BCUT2D eigenvalue weighted by Gasteiger charge is -2.28. The van der Waals surface area contributed by atoms with Gasteiger partial charge in [-0.25, -0.2) is 0 Å². The molecule has 2 aromatic rings. The molecule has 0 aliphatic heterocycles. The molecule has 1 aliphatic rings. The van der Waals surface area contributed by atoms with Gasteiger partial charge in [0.1, 0.15) is 5.75 Å². The Hall–Kier alpha value is -1.64. The highest BCUT2D eigenvalue weighted by atomic mass is 16.3. The number of aromatic hydroxyl groups is 1. The molecule has 1 aliphatic carbocycles. The standard InChI is InChI=1S/C16H22N2O/c1-18(11-12-5-3-2-4-6-12)13-9-15-14(7-8-17-15)16(19)10-13/h7-10,12,17,19H,2-6,11H2,1H3. The summed E-state index contributed by atoms with van der Waals surface area (Å²) in [6, 6.07) is 5.91. The first-order valence-electron chi connectivity index (χ1n) is 7.25. The molecule has 0 amide bonds. The van der Waals surface area contributed by atoms with Crippen LogP contribution in [0.25, 0.3) is 10.9 Å². The number of hydrogen-bond donors (Lipinski definition) is 2. The van der Waals surface area contributed by atoms with Crippen LogP contribution in [0.3, 0.4) is 0 Å². The summed E-state index contributed by atoms with van der Waals surface area (Å²) in [5.74, 6) is 1.17. The molecule has 3 rings (SSSR count). The zero-order chi connectivity index (χ0) is 13.2. The van der Waals surface area contributed by atoms with E-state index < -0.39 is 0 Å². The van der Waals surface area contributed by atoms with Crippen LogP contribution >= 0.6 is 0 Å². The molecule has 3 heteroatoms. The van der Waals surface area contributed by atoms with Gasteiger partial charge in [-0.05, 0) is 30.9 Å². The minimum Gasteiger partial charge on any atom is -0.507 e. The second-order valence-corrected chi connectivity index (χ2v) is 5.79. The molecule has 1 heterocycles. The lowest BCUT2D eigenvalue weighted by Crippen LogP contribution is -2.26. The lowest BCUT2D eigenvalue weighted by atomic mass is 9.89. The number of H-pyrrole nitrogens is 1. The SMILES string of the molecule is CN(CC1CCCCC1)c1cc(O)c2cc[nH]c2c1. The van der Waals surface area contributed by atoms with Crippen molar-refractivity contribution in [1.29, 1.82) is 0 Å². The van der Waals surface area contributed by atoms with Crippen molar-refractivity contribution in [1.82, 2.24) is 4.98 Å². The second kappa shape index (κ2) is 5.16. The Morgan fingerprint density at radius 3 is 2.84 bits per heavy atom. The predicted molar refractivity (Wildman–Crippen MR) is 79.8 cm³/mol. The van der Waals surface area contributed by atoms with Gasteiger partial charge < -0.3 is 15.0 Å². The topological polar surface area (TPSA) is 39.3 Å². The molecule has 1 saturated carbocycles. The number of phenolic OH excluding ortho intramolecular Hbond substituents is 1. The van der Waals surface area contributed by atoms with E-state index in [1.54, 1.807) is 0 Å². The van der Waals surface area contributed by atoms with Crippen LogP contribution < -0.4 is 4.90 Å². The summed E-state index contributed by atoms with van der Waals surface area (Å²) >= 11 is 0. The van der Waals surface area contributed by atoms with Gasteiger partial charge in [-0.1, -0.05) is 19.3 Å². The van der Waals surface area contributed by atoms with Gasteiger partial charge in [0.05, 0.1) is 5.52 Å². The fraction of sp³-hybridized carbons (Fsp3) is 0.500. The number of fused-ring (bicyclic) bond motifs is 1. The van der Waals surface area contributed by atoms with Crippen molar-refractivity contribution in [2.75, 3.05) is 18.5 Å². The molecule has 102 valence electrons. The van der Waals surface area contributed by atoms with E-state index in [9.17, 15) is 5.11 Å². The maximum Gasteiger partial charge on any atom is 0.127 e. The third kappa shape index (κ3) is 2.55. The van der Waals surface area contributed by atoms with Crippen molar-refractivity contribution < 1.29 is 5.11 Å². The predicted octanol–water partition coefficient (Wildman–Crippen LogP) is 3.89. The summed E-state index contributed by atoms with van der Waals surface area (Å²) in [7, 11) is 2.12. The smallest absolute Gasteiger partial charge is 0.127 e. The van der Waals surface area contributed by atoms with Crippen LogP contribution in [0.2, 0.25) is 0 Å². The maximum atomic E-state index is 10.0. The molecule has 1 fully saturated rings. The minimum atomic E-state index is 0.365. The van der Waals surface area contributed by atoms with Crippen LogP contribution in [0.15, 0.2) is 24.4 Å². The van der Waals surface area contributed by atoms with Crippen molar-refractivity contribution >= 4 is 16.6 Å². The number of phenols is 1. The molecular formula is C16H22N2O. The average molecular weight is 258 g/mol. The molecule has 1 aromatic heterocycles. The summed E-state index contributed by atoms with van der Waals surface area (Å²) in [6.07, 6.45) is 8.71. The number of aromatic nitrogens is 1. The highest BCUT2D eigenvalue weighted by Crippen LogP contribution is 2.31. The van der Waals surface area contributed by atoms with Crippen molar-refractivity contribution in [2.24, 2.45) is 5.92 Å². The number of rotatable bonds is 3. The molecule has 0 radical (unpaired) electrons. The van der Waals surface area contributed by atoms with E-state index in [2.05, 4.69) is 23.0 Å². The van der Waals surface area contributed by atoms with Crippen molar-refractivity contribution in [3.63, 3.8) is 0 Å². The van der Waals surface area contributed by atoms with Gasteiger partial charge in [-0.15, -0.1) is 0 Å². The summed E-state index contributed by atoms with van der Waals surface area (Å²) in [4.78, 5) is 5.45. The van der Waals surface area contributed by atoms with Crippen LogP contribution in [0.5, 0.6) is 5.75 Å². The van der Waals surface area contributed by atoms with Crippen LogP contribution in [-0.4, -0.2) is 23.7 Å². The van der Waals surface area contributed by atoms with Gasteiger partial charge >= 0.3 is 0 Å². The van der Waals surface area contributed by atoms with Crippen molar-refractivity contribution in [2.45, 2.75) is 32.1 Å². The molecule has 0 saturated heterocycles. The van der Waals surface area contributed by atoms with Crippen LogP contribution in [0.1, 0.15) is 32.1 Å². The van der Waals surface area contributed by atoms with Gasteiger partial charge in [0.15, 0.2) is 0 Å². The zero-order valence-corrected chi connectivity index (χ0v) is 11.5. The Morgan fingerprint density at radius 1 is 1.26 bits per heavy atom. The first-order chi connectivity index (χ1) is 9.24. The van der Waals surface area contributed by atoms with Gasteiger partial charge in [0.25, 0.3) is 0 Å². The third-order valence-corrected chi connectivity index (χ3v) is 4.33. The van der Waals surface area contributed by atoms with Crippen molar-refractivity contribution in [3.05, 3.63) is 24.4 Å². The molecule has 19 heavy (non-hydrogen) atoms. The zero-order valence-electron chi connectivity index (χ0n) is 11.5. The lowest BCUT2D eigenvalue weighted by molar-refractivity contribution is 0.362. The van der Waals surface area contributed by atoms with Crippen LogP contribution in [0.4, 0.5) is 5.69 Å². The molecule has 2 N–H and O–H groups in total. The molecule has 0 unspecified atom stereocenters. The summed E-state index contributed by atoms with van der Waals surface area (Å²) in [5, 5.41) is 10.9. The molecular weight excluding hydrogens is 236 g/mol. The Morgan fingerprint density at radius 2 is 2.05 bits per heavy atom. The summed E-state index contributed by atoms with van der Waals surface area (Å²) < 4.78 is 0. The van der Waals surface area contributed by atoms with Crippen LogP contribution in [0, 0.1) is 5.92 Å². The van der Waals surface area contributed by atoms with E-state index in [1.807, 2.05) is 18.3 Å². The Bertz CT molecular complexity index is 555. The first-order valence-corrected chi connectivity index (χ1v) is 7.25. The normalized spacial score (nSPS) is 16.9. The van der Waals surface area contributed by atoms with Gasteiger partial charge in [-0.3, -0.25) is 0 Å². The molecule has 0 spiro atoms. The number of nitrogens with zero attached hydrogens (tertiary/aromatic N) is 1. The first kappa shape index (κ1) is 12.4. The van der Waals surface area contributed by atoms with Crippen LogP contribution in [-0.2, 0) is 0 Å². The van der Waals surface area contributed by atoms with Gasteiger partial charge in [0, 0.05) is 36.9 Å². The highest BCUT2D eigenvalue weighted by molar-refractivity contribution is 5.89. The monoisotopic (exact) mass is 258 g/mol. The van der Waals surface area contributed by atoms with E-state index in [0.717, 1.165) is 29.1 Å². The van der Waals surface area contributed by atoms with E-state index in [1.165, 1.54) is 32.1 Å². The van der Waals surface area contributed by atoms with E-state index in [-0.39, 0.29) is 0 Å². The summed E-state index contributed by atoms with van der Waals surface area (Å²) in [6.45, 7) is 1.09. The van der Waals surface area contributed by atoms with Crippen molar-refractivity contribution in [3.8, 4) is 5.75 Å². The Balaban J connectivity index is 1.78. The second-order valence-electron chi connectivity index (χ2n) is 5.79.